The third-order valence-electron chi connectivity index (χ3n) is 4.70. The fourth-order valence-corrected chi connectivity index (χ4v) is 3.69. The molecule has 2 aliphatic rings. The van der Waals surface area contributed by atoms with Gasteiger partial charge in [0.05, 0.1) is 18.7 Å². The number of carbonyl (C=O) groups excluding carboxylic acids is 1. The van der Waals surface area contributed by atoms with E-state index in [-0.39, 0.29) is 24.6 Å². The highest BCUT2D eigenvalue weighted by Gasteiger charge is 2.36. The van der Waals surface area contributed by atoms with Gasteiger partial charge in [-0.15, -0.1) is 0 Å². The third-order valence-corrected chi connectivity index (χ3v) is 4.70. The maximum Gasteiger partial charge on any atom is 0.237 e. The summed E-state index contributed by atoms with van der Waals surface area (Å²) in [5.41, 5.74) is 0. The van der Waals surface area contributed by atoms with E-state index in [1.807, 2.05) is 0 Å². The standard InChI is InChI=1S/C16H31N3O2/c1-12(2)10-13(11-20)18-16(21)15-4-3-9-19(15)14-5-7-17-8-6-14/h12-15,17,20H,3-11H2,1-2H3,(H,18,21). The van der Waals surface area contributed by atoms with Crippen LogP contribution in [0.3, 0.4) is 0 Å². The molecule has 0 aromatic heterocycles. The fraction of sp³-hybridized carbons (Fsp3) is 0.938. The minimum atomic E-state index is -0.104. The van der Waals surface area contributed by atoms with Crippen LogP contribution in [0, 0.1) is 5.92 Å². The number of aliphatic hydroxyl groups is 1. The van der Waals surface area contributed by atoms with Gasteiger partial charge < -0.3 is 15.7 Å². The van der Waals surface area contributed by atoms with Crippen molar-refractivity contribution in [3.8, 4) is 0 Å². The van der Waals surface area contributed by atoms with Gasteiger partial charge in [-0.1, -0.05) is 13.8 Å². The van der Waals surface area contributed by atoms with Crippen LogP contribution in [0.2, 0.25) is 0 Å². The molecular weight excluding hydrogens is 266 g/mol. The average Bonchev–Trinajstić information content (AvgIpc) is 2.96. The van der Waals surface area contributed by atoms with Crippen molar-refractivity contribution >= 4 is 5.91 Å². The highest BCUT2D eigenvalue weighted by molar-refractivity contribution is 5.82. The van der Waals surface area contributed by atoms with Gasteiger partial charge in [0.1, 0.15) is 0 Å². The lowest BCUT2D eigenvalue weighted by atomic mass is 10.0. The van der Waals surface area contributed by atoms with Gasteiger partial charge in [0.25, 0.3) is 0 Å². The van der Waals surface area contributed by atoms with E-state index >= 15 is 0 Å². The molecule has 2 unspecified atom stereocenters. The SMILES string of the molecule is CC(C)CC(CO)NC(=O)C1CCCN1C1CCNCC1. The molecule has 5 nitrogen and oxygen atoms in total. The zero-order valence-corrected chi connectivity index (χ0v) is 13.5. The van der Waals surface area contributed by atoms with Crippen molar-refractivity contribution in [2.45, 2.75) is 64.1 Å². The molecule has 5 heteroatoms. The summed E-state index contributed by atoms with van der Waals surface area (Å²) in [5.74, 6) is 0.595. The summed E-state index contributed by atoms with van der Waals surface area (Å²) in [6.45, 7) is 7.42. The van der Waals surface area contributed by atoms with Crippen molar-refractivity contribution in [1.82, 2.24) is 15.5 Å². The zero-order valence-electron chi connectivity index (χ0n) is 13.5. The van der Waals surface area contributed by atoms with Crippen molar-refractivity contribution in [3.05, 3.63) is 0 Å². The molecular formula is C16H31N3O2. The Morgan fingerprint density at radius 2 is 2.05 bits per heavy atom. The lowest BCUT2D eigenvalue weighted by Crippen LogP contribution is -2.53. The van der Waals surface area contributed by atoms with E-state index in [0.29, 0.717) is 12.0 Å². The largest absolute Gasteiger partial charge is 0.394 e. The van der Waals surface area contributed by atoms with Crippen LogP contribution < -0.4 is 10.6 Å². The van der Waals surface area contributed by atoms with Crippen LogP contribution in [0.25, 0.3) is 0 Å². The van der Waals surface area contributed by atoms with E-state index in [4.69, 9.17) is 0 Å². The van der Waals surface area contributed by atoms with Crippen molar-refractivity contribution < 1.29 is 9.90 Å². The number of likely N-dealkylation sites (tertiary alicyclic amines) is 1. The first kappa shape index (κ1) is 16.7. The highest BCUT2D eigenvalue weighted by atomic mass is 16.3. The third kappa shape index (κ3) is 4.66. The van der Waals surface area contributed by atoms with Crippen LogP contribution in [-0.2, 0) is 4.79 Å². The topological polar surface area (TPSA) is 64.6 Å². The summed E-state index contributed by atoms with van der Waals surface area (Å²) < 4.78 is 0. The van der Waals surface area contributed by atoms with Gasteiger partial charge in [0, 0.05) is 6.04 Å². The Morgan fingerprint density at radius 3 is 2.67 bits per heavy atom. The molecule has 0 saturated carbocycles. The van der Waals surface area contributed by atoms with Crippen LogP contribution in [0.1, 0.15) is 46.0 Å². The molecule has 0 aromatic carbocycles. The van der Waals surface area contributed by atoms with Gasteiger partial charge in [-0.2, -0.15) is 0 Å². The Hall–Kier alpha value is -0.650. The zero-order chi connectivity index (χ0) is 15.2. The molecule has 2 rings (SSSR count). The van der Waals surface area contributed by atoms with Gasteiger partial charge in [-0.3, -0.25) is 9.69 Å². The number of aliphatic hydroxyl groups excluding tert-OH is 1. The minimum Gasteiger partial charge on any atom is -0.394 e. The Bertz CT molecular complexity index is 329. The minimum absolute atomic E-state index is 0.00862. The van der Waals surface area contributed by atoms with Crippen molar-refractivity contribution in [2.75, 3.05) is 26.2 Å². The van der Waals surface area contributed by atoms with Gasteiger partial charge in [-0.25, -0.2) is 0 Å². The fourth-order valence-electron chi connectivity index (χ4n) is 3.69. The molecule has 0 aromatic rings. The predicted octanol–water partition coefficient (Wildman–Crippen LogP) is 0.726. The van der Waals surface area contributed by atoms with E-state index in [1.54, 1.807) is 0 Å². The summed E-state index contributed by atoms with van der Waals surface area (Å²) in [4.78, 5) is 15.0. The lowest BCUT2D eigenvalue weighted by Gasteiger charge is -2.35. The number of hydrogen-bond acceptors (Lipinski definition) is 4. The Labute approximate surface area is 128 Å². The van der Waals surface area contributed by atoms with Gasteiger partial charge >= 0.3 is 0 Å². The number of piperidine rings is 1. The van der Waals surface area contributed by atoms with Crippen molar-refractivity contribution in [1.29, 1.82) is 0 Å². The summed E-state index contributed by atoms with van der Waals surface area (Å²) in [7, 11) is 0. The van der Waals surface area contributed by atoms with Gasteiger partial charge in [0.2, 0.25) is 5.91 Å². The van der Waals surface area contributed by atoms with E-state index in [9.17, 15) is 9.90 Å². The second-order valence-electron chi connectivity index (χ2n) is 6.89. The van der Waals surface area contributed by atoms with Gasteiger partial charge in [-0.05, 0) is 57.7 Å². The van der Waals surface area contributed by atoms with Crippen LogP contribution >= 0.6 is 0 Å². The molecule has 3 N–H and O–H groups in total. The summed E-state index contributed by atoms with van der Waals surface area (Å²) in [5, 5.41) is 15.9. The summed E-state index contributed by atoms with van der Waals surface area (Å²) >= 11 is 0. The second kappa shape index (κ2) is 8.11. The molecule has 0 spiro atoms. The van der Waals surface area contributed by atoms with Crippen LogP contribution in [0.5, 0.6) is 0 Å². The highest BCUT2D eigenvalue weighted by Crippen LogP contribution is 2.24. The van der Waals surface area contributed by atoms with Crippen molar-refractivity contribution in [2.24, 2.45) is 5.92 Å². The van der Waals surface area contributed by atoms with E-state index in [2.05, 4.69) is 29.4 Å². The lowest BCUT2D eigenvalue weighted by molar-refractivity contribution is -0.127. The number of nitrogens with zero attached hydrogens (tertiary/aromatic N) is 1. The Morgan fingerprint density at radius 1 is 1.33 bits per heavy atom. The second-order valence-corrected chi connectivity index (χ2v) is 6.89. The maximum atomic E-state index is 12.6. The number of rotatable bonds is 6. The quantitative estimate of drug-likeness (QED) is 0.676. The van der Waals surface area contributed by atoms with Crippen molar-refractivity contribution in [3.63, 3.8) is 0 Å². The molecule has 1 amide bonds. The molecule has 2 atom stereocenters. The first-order chi connectivity index (χ1) is 10.1. The maximum absolute atomic E-state index is 12.6. The smallest absolute Gasteiger partial charge is 0.237 e. The molecule has 2 saturated heterocycles. The molecule has 2 heterocycles. The Balaban J connectivity index is 1.90. The molecule has 2 aliphatic heterocycles. The molecule has 0 radical (unpaired) electrons. The van der Waals surface area contributed by atoms with E-state index in [0.717, 1.165) is 51.7 Å². The Kier molecular flexibility index (Phi) is 6.45. The number of carbonyl (C=O) groups is 1. The number of nitrogens with one attached hydrogen (secondary N) is 2. The predicted molar refractivity (Wildman–Crippen MR) is 84.1 cm³/mol. The van der Waals surface area contributed by atoms with Gasteiger partial charge in [0.15, 0.2) is 0 Å². The number of amides is 1. The first-order valence-electron chi connectivity index (χ1n) is 8.49. The summed E-state index contributed by atoms with van der Waals surface area (Å²) in [6, 6.07) is 0.449. The number of hydrogen-bond donors (Lipinski definition) is 3. The normalized spacial score (nSPS) is 26.2. The van der Waals surface area contributed by atoms with Crippen LogP contribution in [-0.4, -0.2) is 60.3 Å². The van der Waals surface area contributed by atoms with Crippen LogP contribution in [0.4, 0.5) is 0 Å². The molecule has 0 aliphatic carbocycles. The van der Waals surface area contributed by atoms with E-state index in [1.165, 1.54) is 0 Å². The molecule has 122 valence electrons. The van der Waals surface area contributed by atoms with E-state index < -0.39 is 0 Å². The first-order valence-corrected chi connectivity index (χ1v) is 8.49. The molecule has 2 fully saturated rings. The molecule has 21 heavy (non-hydrogen) atoms. The summed E-state index contributed by atoms with van der Waals surface area (Å²) in [6.07, 6.45) is 5.17. The molecule has 0 bridgehead atoms. The van der Waals surface area contributed by atoms with Crippen LogP contribution in [0.15, 0.2) is 0 Å². The average molecular weight is 297 g/mol. The monoisotopic (exact) mass is 297 g/mol.